The van der Waals surface area contributed by atoms with E-state index in [1.807, 2.05) is 24.3 Å². The number of benzene rings is 2. The van der Waals surface area contributed by atoms with Gasteiger partial charge in [0, 0.05) is 18.0 Å². The van der Waals surface area contributed by atoms with E-state index in [1.165, 1.54) is 5.56 Å². The smallest absolute Gasteiger partial charge is 0.271 e. The summed E-state index contributed by atoms with van der Waals surface area (Å²) >= 11 is 0. The summed E-state index contributed by atoms with van der Waals surface area (Å²) < 4.78 is 5.84. The van der Waals surface area contributed by atoms with Gasteiger partial charge in [-0.3, -0.25) is 9.78 Å². The summed E-state index contributed by atoms with van der Waals surface area (Å²) in [5, 5.41) is 3.96. The van der Waals surface area contributed by atoms with Crippen LogP contribution in [0.2, 0.25) is 0 Å². The molecule has 0 saturated carbocycles. The first-order valence-corrected chi connectivity index (χ1v) is 9.47. The quantitative estimate of drug-likeness (QED) is 0.492. The van der Waals surface area contributed by atoms with E-state index in [0.29, 0.717) is 12.2 Å². The number of nitrogens with one attached hydrogen (secondary N) is 1. The van der Waals surface area contributed by atoms with Crippen molar-refractivity contribution >= 4 is 12.1 Å². The van der Waals surface area contributed by atoms with Gasteiger partial charge in [-0.25, -0.2) is 5.43 Å². The third-order valence-corrected chi connectivity index (χ3v) is 4.43. The number of rotatable bonds is 6. The van der Waals surface area contributed by atoms with Gasteiger partial charge in [0.1, 0.15) is 12.4 Å². The lowest BCUT2D eigenvalue weighted by molar-refractivity contribution is 0.0955. The SMILES string of the molecule is CC(C)(C)c1ccc(OCc2ccc(C(=O)N/N=C/c3ccncc3)cc2)cc1. The molecule has 0 unspecified atom stereocenters. The molecular weight excluding hydrogens is 362 g/mol. The summed E-state index contributed by atoms with van der Waals surface area (Å²) in [7, 11) is 0. The lowest BCUT2D eigenvalue weighted by Gasteiger charge is -2.19. The predicted octanol–water partition coefficient (Wildman–Crippen LogP) is 4.72. The first-order valence-electron chi connectivity index (χ1n) is 9.47. The van der Waals surface area contributed by atoms with Crippen LogP contribution in [-0.2, 0) is 12.0 Å². The summed E-state index contributed by atoms with van der Waals surface area (Å²) in [5.41, 5.74) is 6.30. The maximum absolute atomic E-state index is 12.2. The zero-order valence-electron chi connectivity index (χ0n) is 16.9. The van der Waals surface area contributed by atoms with Crippen LogP contribution in [0.25, 0.3) is 0 Å². The van der Waals surface area contributed by atoms with Crippen LogP contribution in [0.1, 0.15) is 47.8 Å². The number of aromatic nitrogens is 1. The molecule has 1 heterocycles. The highest BCUT2D eigenvalue weighted by atomic mass is 16.5. The Morgan fingerprint density at radius 3 is 2.28 bits per heavy atom. The van der Waals surface area contributed by atoms with Crippen LogP contribution in [0.15, 0.2) is 78.2 Å². The molecule has 0 radical (unpaired) electrons. The van der Waals surface area contributed by atoms with Gasteiger partial charge in [0.25, 0.3) is 5.91 Å². The normalized spacial score (nSPS) is 11.4. The van der Waals surface area contributed by atoms with E-state index in [1.54, 1.807) is 42.9 Å². The minimum Gasteiger partial charge on any atom is -0.489 e. The topological polar surface area (TPSA) is 63.6 Å². The molecule has 0 fully saturated rings. The van der Waals surface area contributed by atoms with E-state index >= 15 is 0 Å². The summed E-state index contributed by atoms with van der Waals surface area (Å²) in [5.74, 6) is 0.561. The molecule has 0 aliphatic heterocycles. The molecule has 5 heteroatoms. The van der Waals surface area contributed by atoms with Crippen LogP contribution >= 0.6 is 0 Å². The minimum atomic E-state index is -0.263. The number of hydrazone groups is 1. The number of carbonyl (C=O) groups is 1. The molecule has 5 nitrogen and oxygen atoms in total. The molecule has 0 spiro atoms. The second kappa shape index (κ2) is 9.15. The molecule has 29 heavy (non-hydrogen) atoms. The summed E-state index contributed by atoms with van der Waals surface area (Å²) in [6.07, 6.45) is 4.92. The fourth-order valence-electron chi connectivity index (χ4n) is 2.65. The largest absolute Gasteiger partial charge is 0.489 e. The van der Waals surface area contributed by atoms with Gasteiger partial charge in [0.15, 0.2) is 0 Å². The van der Waals surface area contributed by atoms with Crippen LogP contribution in [-0.4, -0.2) is 17.1 Å². The highest BCUT2D eigenvalue weighted by Crippen LogP contribution is 2.24. The Hall–Kier alpha value is -3.47. The molecule has 0 aliphatic rings. The molecule has 0 saturated heterocycles. The van der Waals surface area contributed by atoms with Crippen LogP contribution in [0.3, 0.4) is 0 Å². The Kier molecular flexibility index (Phi) is 6.39. The molecule has 1 aromatic heterocycles. The van der Waals surface area contributed by atoms with Gasteiger partial charge in [-0.1, -0.05) is 45.0 Å². The zero-order valence-corrected chi connectivity index (χ0v) is 16.9. The van der Waals surface area contributed by atoms with E-state index in [2.05, 4.69) is 48.4 Å². The molecule has 3 aromatic rings. The highest BCUT2D eigenvalue weighted by molar-refractivity contribution is 5.94. The van der Waals surface area contributed by atoms with Crippen molar-refractivity contribution < 1.29 is 9.53 Å². The number of hydrogen-bond donors (Lipinski definition) is 1. The number of ether oxygens (including phenoxy) is 1. The Morgan fingerprint density at radius 2 is 1.66 bits per heavy atom. The van der Waals surface area contributed by atoms with Crippen molar-refractivity contribution in [3.8, 4) is 5.75 Å². The van der Waals surface area contributed by atoms with E-state index in [-0.39, 0.29) is 11.3 Å². The van der Waals surface area contributed by atoms with Crippen LogP contribution < -0.4 is 10.2 Å². The number of hydrogen-bond acceptors (Lipinski definition) is 4. The van der Waals surface area contributed by atoms with Gasteiger partial charge in [-0.15, -0.1) is 0 Å². The number of pyridine rings is 1. The third-order valence-electron chi connectivity index (χ3n) is 4.43. The molecule has 1 amide bonds. The van der Waals surface area contributed by atoms with Crippen molar-refractivity contribution in [1.29, 1.82) is 0 Å². The molecule has 148 valence electrons. The van der Waals surface area contributed by atoms with Gasteiger partial charge in [-0.05, 0) is 58.5 Å². The Labute approximate surface area is 171 Å². The van der Waals surface area contributed by atoms with Crippen molar-refractivity contribution in [2.75, 3.05) is 0 Å². The number of nitrogens with zero attached hydrogens (tertiary/aromatic N) is 2. The first kappa shape index (κ1) is 20.3. The van der Waals surface area contributed by atoms with Gasteiger partial charge in [0.2, 0.25) is 0 Å². The Morgan fingerprint density at radius 1 is 1.00 bits per heavy atom. The average molecular weight is 387 g/mol. The average Bonchev–Trinajstić information content (AvgIpc) is 2.73. The van der Waals surface area contributed by atoms with E-state index in [0.717, 1.165) is 16.9 Å². The summed E-state index contributed by atoms with van der Waals surface area (Å²) in [6, 6.07) is 19.1. The van der Waals surface area contributed by atoms with E-state index in [9.17, 15) is 4.79 Å². The molecule has 3 rings (SSSR count). The monoisotopic (exact) mass is 387 g/mol. The summed E-state index contributed by atoms with van der Waals surface area (Å²) in [6.45, 7) is 7.00. The molecule has 0 atom stereocenters. The second-order valence-corrected chi connectivity index (χ2v) is 7.74. The lowest BCUT2D eigenvalue weighted by atomic mass is 9.87. The van der Waals surface area contributed by atoms with E-state index in [4.69, 9.17) is 4.74 Å². The van der Waals surface area contributed by atoms with Crippen LogP contribution in [0.4, 0.5) is 0 Å². The maximum Gasteiger partial charge on any atom is 0.271 e. The lowest BCUT2D eigenvalue weighted by Crippen LogP contribution is -2.17. The van der Waals surface area contributed by atoms with Gasteiger partial charge in [0.05, 0.1) is 6.21 Å². The van der Waals surface area contributed by atoms with Gasteiger partial charge in [-0.2, -0.15) is 5.10 Å². The van der Waals surface area contributed by atoms with Crippen molar-refractivity contribution in [1.82, 2.24) is 10.4 Å². The van der Waals surface area contributed by atoms with Crippen LogP contribution in [0.5, 0.6) is 5.75 Å². The minimum absolute atomic E-state index is 0.122. The zero-order chi connectivity index (χ0) is 20.7. The Balaban J connectivity index is 1.52. The maximum atomic E-state index is 12.2. The molecule has 0 aliphatic carbocycles. The number of amides is 1. The van der Waals surface area contributed by atoms with Crippen molar-refractivity contribution in [2.45, 2.75) is 32.8 Å². The highest BCUT2D eigenvalue weighted by Gasteiger charge is 2.13. The van der Waals surface area contributed by atoms with Crippen LogP contribution in [0, 0.1) is 0 Å². The van der Waals surface area contributed by atoms with Gasteiger partial charge < -0.3 is 4.74 Å². The summed E-state index contributed by atoms with van der Waals surface area (Å²) in [4.78, 5) is 16.1. The van der Waals surface area contributed by atoms with Gasteiger partial charge >= 0.3 is 0 Å². The van der Waals surface area contributed by atoms with Crippen molar-refractivity contribution in [2.24, 2.45) is 5.10 Å². The fraction of sp³-hybridized carbons (Fsp3) is 0.208. The molecule has 0 bridgehead atoms. The molecule has 1 N–H and O–H groups in total. The van der Waals surface area contributed by atoms with Crippen molar-refractivity contribution in [3.63, 3.8) is 0 Å². The van der Waals surface area contributed by atoms with E-state index < -0.39 is 0 Å². The second-order valence-electron chi connectivity index (χ2n) is 7.74. The Bertz CT molecular complexity index is 958. The predicted molar refractivity (Wildman–Crippen MR) is 115 cm³/mol. The molecular formula is C24H25N3O2. The standard InChI is InChI=1S/C24H25N3O2/c1-24(2,3)21-8-10-22(11-9-21)29-17-19-4-6-20(7-5-19)23(28)27-26-16-18-12-14-25-15-13-18/h4-16H,17H2,1-3H3,(H,27,28)/b26-16+. The number of carbonyl (C=O) groups excluding carboxylic acids is 1. The van der Waals surface area contributed by atoms with Crippen molar-refractivity contribution in [3.05, 3.63) is 95.3 Å². The fourth-order valence-corrected chi connectivity index (χ4v) is 2.65. The third kappa shape index (κ3) is 6.01. The first-order chi connectivity index (χ1) is 13.9. The molecule has 2 aromatic carbocycles.